The van der Waals surface area contributed by atoms with Crippen LogP contribution in [-0.2, 0) is 14.9 Å². The molecule has 1 aliphatic rings. The number of esters is 1. The summed E-state index contributed by atoms with van der Waals surface area (Å²) in [6.45, 7) is 0. The normalized spacial score (nSPS) is 17.6. The Balaban J connectivity index is 2.31. The van der Waals surface area contributed by atoms with Crippen molar-refractivity contribution in [1.82, 2.24) is 4.98 Å². The van der Waals surface area contributed by atoms with Gasteiger partial charge in [0.25, 0.3) is 0 Å². The van der Waals surface area contributed by atoms with E-state index in [0.29, 0.717) is 0 Å². The van der Waals surface area contributed by atoms with E-state index in [0.717, 1.165) is 23.0 Å². The van der Waals surface area contributed by atoms with E-state index in [1.54, 1.807) is 6.20 Å². The Morgan fingerprint density at radius 2 is 2.29 bits per heavy atom. The molecule has 0 atom stereocenters. The Bertz CT molecular complexity index is 357. The Hall–Kier alpha value is -0.900. The summed E-state index contributed by atoms with van der Waals surface area (Å²) >= 11 is 3.26. The standard InChI is InChI=1S/C10H10BrNO2/c1-14-9(13)10(4-5-10)7-2-3-8(11)12-6-7/h2-3,6H,4-5H2,1H3. The molecule has 0 bridgehead atoms. The lowest BCUT2D eigenvalue weighted by atomic mass is 9.98. The monoisotopic (exact) mass is 255 g/mol. The number of pyridine rings is 1. The van der Waals surface area contributed by atoms with Crippen LogP contribution in [0.3, 0.4) is 0 Å². The van der Waals surface area contributed by atoms with Gasteiger partial charge in [0.15, 0.2) is 0 Å². The van der Waals surface area contributed by atoms with Crippen LogP contribution in [0.2, 0.25) is 0 Å². The van der Waals surface area contributed by atoms with Crippen LogP contribution >= 0.6 is 15.9 Å². The number of aromatic nitrogens is 1. The average molecular weight is 256 g/mol. The van der Waals surface area contributed by atoms with Gasteiger partial charge in [0.2, 0.25) is 0 Å². The quantitative estimate of drug-likeness (QED) is 0.600. The maximum absolute atomic E-state index is 11.5. The van der Waals surface area contributed by atoms with E-state index < -0.39 is 5.41 Å². The van der Waals surface area contributed by atoms with Gasteiger partial charge in [-0.1, -0.05) is 6.07 Å². The van der Waals surface area contributed by atoms with Crippen molar-refractivity contribution in [3.8, 4) is 0 Å². The molecule has 0 aliphatic heterocycles. The third-order valence-electron chi connectivity index (χ3n) is 2.61. The van der Waals surface area contributed by atoms with Crippen molar-refractivity contribution in [2.24, 2.45) is 0 Å². The molecule has 0 saturated heterocycles. The lowest BCUT2D eigenvalue weighted by molar-refractivity contribution is -0.143. The van der Waals surface area contributed by atoms with Crippen LogP contribution < -0.4 is 0 Å². The fraction of sp³-hybridized carbons (Fsp3) is 0.400. The molecule has 0 amide bonds. The number of hydrogen-bond acceptors (Lipinski definition) is 3. The first-order chi connectivity index (χ1) is 6.69. The summed E-state index contributed by atoms with van der Waals surface area (Å²) in [7, 11) is 1.43. The van der Waals surface area contributed by atoms with E-state index in [2.05, 4.69) is 20.9 Å². The zero-order valence-corrected chi connectivity index (χ0v) is 9.37. The van der Waals surface area contributed by atoms with Crippen LogP contribution in [0, 0.1) is 0 Å². The highest BCUT2D eigenvalue weighted by molar-refractivity contribution is 9.10. The van der Waals surface area contributed by atoms with Crippen LogP contribution in [-0.4, -0.2) is 18.1 Å². The van der Waals surface area contributed by atoms with E-state index in [-0.39, 0.29) is 5.97 Å². The summed E-state index contributed by atoms with van der Waals surface area (Å²) in [5.74, 6) is -0.151. The van der Waals surface area contributed by atoms with E-state index in [9.17, 15) is 4.79 Å². The van der Waals surface area contributed by atoms with E-state index in [1.807, 2.05) is 12.1 Å². The largest absolute Gasteiger partial charge is 0.468 e. The van der Waals surface area contributed by atoms with Crippen molar-refractivity contribution in [2.45, 2.75) is 18.3 Å². The second-order valence-electron chi connectivity index (χ2n) is 3.44. The molecular weight excluding hydrogens is 246 g/mol. The smallest absolute Gasteiger partial charge is 0.316 e. The first-order valence-electron chi connectivity index (χ1n) is 4.39. The van der Waals surface area contributed by atoms with Gasteiger partial charge in [-0.2, -0.15) is 0 Å². The van der Waals surface area contributed by atoms with Crippen LogP contribution in [0.4, 0.5) is 0 Å². The van der Waals surface area contributed by atoms with Crippen molar-refractivity contribution < 1.29 is 9.53 Å². The van der Waals surface area contributed by atoms with Gasteiger partial charge in [0.1, 0.15) is 4.60 Å². The Morgan fingerprint density at radius 3 is 2.71 bits per heavy atom. The summed E-state index contributed by atoms with van der Waals surface area (Å²) in [6, 6.07) is 3.76. The van der Waals surface area contributed by atoms with Gasteiger partial charge >= 0.3 is 5.97 Å². The summed E-state index contributed by atoms with van der Waals surface area (Å²) in [5.41, 5.74) is 0.551. The number of halogens is 1. The van der Waals surface area contributed by atoms with Crippen molar-refractivity contribution in [1.29, 1.82) is 0 Å². The summed E-state index contributed by atoms with van der Waals surface area (Å²) in [4.78, 5) is 15.6. The number of hydrogen-bond donors (Lipinski definition) is 0. The Morgan fingerprint density at radius 1 is 1.57 bits per heavy atom. The molecule has 0 N–H and O–H groups in total. The second kappa shape index (κ2) is 3.35. The maximum Gasteiger partial charge on any atom is 0.316 e. The molecule has 2 rings (SSSR count). The molecule has 4 heteroatoms. The fourth-order valence-electron chi connectivity index (χ4n) is 1.59. The molecule has 1 saturated carbocycles. The van der Waals surface area contributed by atoms with Gasteiger partial charge < -0.3 is 4.74 Å². The van der Waals surface area contributed by atoms with Gasteiger partial charge in [-0.3, -0.25) is 4.79 Å². The minimum absolute atomic E-state index is 0.151. The first kappa shape index (κ1) is 9.65. The molecule has 74 valence electrons. The van der Waals surface area contributed by atoms with Crippen LogP contribution in [0.15, 0.2) is 22.9 Å². The highest BCUT2D eigenvalue weighted by atomic mass is 79.9. The minimum atomic E-state index is -0.400. The van der Waals surface area contributed by atoms with Crippen molar-refractivity contribution >= 4 is 21.9 Å². The number of carbonyl (C=O) groups excluding carboxylic acids is 1. The number of ether oxygens (including phenoxy) is 1. The predicted octanol–water partition coefficient (Wildman–Crippen LogP) is 2.05. The van der Waals surface area contributed by atoms with Crippen LogP contribution in [0.25, 0.3) is 0 Å². The Kier molecular flexibility index (Phi) is 2.31. The number of nitrogens with zero attached hydrogens (tertiary/aromatic N) is 1. The third kappa shape index (κ3) is 1.43. The van der Waals surface area contributed by atoms with Crippen molar-refractivity contribution in [2.75, 3.05) is 7.11 Å². The lowest BCUT2D eigenvalue weighted by Gasteiger charge is -2.11. The topological polar surface area (TPSA) is 39.2 Å². The molecule has 0 aromatic carbocycles. The first-order valence-corrected chi connectivity index (χ1v) is 5.19. The molecule has 1 fully saturated rings. The molecule has 14 heavy (non-hydrogen) atoms. The van der Waals surface area contributed by atoms with Gasteiger partial charge in [-0.05, 0) is 40.4 Å². The molecule has 1 aromatic rings. The number of rotatable bonds is 2. The molecule has 1 aromatic heterocycles. The molecule has 0 radical (unpaired) electrons. The van der Waals surface area contributed by atoms with Crippen LogP contribution in [0.1, 0.15) is 18.4 Å². The summed E-state index contributed by atoms with van der Waals surface area (Å²) in [6.07, 6.45) is 3.46. The summed E-state index contributed by atoms with van der Waals surface area (Å²) < 4.78 is 5.56. The van der Waals surface area contributed by atoms with Crippen molar-refractivity contribution in [3.05, 3.63) is 28.5 Å². The zero-order valence-electron chi connectivity index (χ0n) is 7.79. The lowest BCUT2D eigenvalue weighted by Crippen LogP contribution is -2.21. The van der Waals surface area contributed by atoms with Gasteiger partial charge in [0.05, 0.1) is 12.5 Å². The average Bonchev–Trinajstić information content (AvgIpc) is 2.99. The second-order valence-corrected chi connectivity index (χ2v) is 4.26. The SMILES string of the molecule is COC(=O)C1(c2ccc(Br)nc2)CC1. The van der Waals surface area contributed by atoms with E-state index >= 15 is 0 Å². The van der Waals surface area contributed by atoms with E-state index in [1.165, 1.54) is 7.11 Å². The van der Waals surface area contributed by atoms with Gasteiger partial charge in [-0.15, -0.1) is 0 Å². The number of carbonyl (C=O) groups is 1. The number of methoxy groups -OCH3 is 1. The van der Waals surface area contributed by atoms with E-state index in [4.69, 9.17) is 4.74 Å². The maximum atomic E-state index is 11.5. The minimum Gasteiger partial charge on any atom is -0.468 e. The zero-order chi connectivity index (χ0) is 10.2. The third-order valence-corrected chi connectivity index (χ3v) is 3.08. The highest BCUT2D eigenvalue weighted by Crippen LogP contribution is 2.48. The molecular formula is C10H10BrNO2. The molecule has 0 spiro atoms. The van der Waals surface area contributed by atoms with Gasteiger partial charge in [0, 0.05) is 6.20 Å². The van der Waals surface area contributed by atoms with Crippen LogP contribution in [0.5, 0.6) is 0 Å². The predicted molar refractivity (Wildman–Crippen MR) is 54.9 cm³/mol. The Labute approximate surface area is 90.6 Å². The van der Waals surface area contributed by atoms with Crippen molar-refractivity contribution in [3.63, 3.8) is 0 Å². The fourth-order valence-corrected chi connectivity index (χ4v) is 1.82. The summed E-state index contributed by atoms with van der Waals surface area (Å²) in [5, 5.41) is 0. The van der Waals surface area contributed by atoms with Gasteiger partial charge in [-0.25, -0.2) is 4.98 Å². The molecule has 1 aliphatic carbocycles. The molecule has 3 nitrogen and oxygen atoms in total. The highest BCUT2D eigenvalue weighted by Gasteiger charge is 2.52. The molecule has 0 unspecified atom stereocenters. The molecule has 1 heterocycles.